The van der Waals surface area contributed by atoms with E-state index < -0.39 is 0 Å². The fourth-order valence-corrected chi connectivity index (χ4v) is 4.46. The Morgan fingerprint density at radius 3 is 2.90 bits per heavy atom. The van der Waals surface area contributed by atoms with Crippen molar-refractivity contribution in [2.75, 3.05) is 5.75 Å². The Hall–Kier alpha value is -0.780. The van der Waals surface area contributed by atoms with Crippen molar-refractivity contribution in [1.29, 1.82) is 0 Å². The summed E-state index contributed by atoms with van der Waals surface area (Å²) in [6.45, 7) is 0.768. The van der Waals surface area contributed by atoms with Gasteiger partial charge in [0.2, 0.25) is 0 Å². The van der Waals surface area contributed by atoms with Crippen LogP contribution in [0.15, 0.2) is 51.2 Å². The van der Waals surface area contributed by atoms with E-state index in [4.69, 9.17) is 0 Å². The van der Waals surface area contributed by atoms with Gasteiger partial charge in [0.15, 0.2) is 5.17 Å². The quantitative estimate of drug-likeness (QED) is 0.871. The van der Waals surface area contributed by atoms with E-state index >= 15 is 0 Å². The number of hydrogen-bond acceptors (Lipinski definition) is 3. The number of rotatable bonds is 4. The molecule has 0 amide bonds. The molecule has 1 N–H and O–H groups in total. The lowest BCUT2D eigenvalue weighted by Crippen LogP contribution is -2.28. The Balaban J connectivity index is 1.54. The average Bonchev–Trinajstić information content (AvgIpc) is 3.07. The monoisotopic (exact) mass is 366 g/mol. The molecule has 1 aliphatic rings. The van der Waals surface area contributed by atoms with E-state index in [-0.39, 0.29) is 0 Å². The summed E-state index contributed by atoms with van der Waals surface area (Å²) in [6.07, 6.45) is 1.07. The summed E-state index contributed by atoms with van der Waals surface area (Å²) in [6, 6.07) is 13.3. The molecule has 1 saturated heterocycles. The van der Waals surface area contributed by atoms with E-state index in [0.29, 0.717) is 6.04 Å². The lowest BCUT2D eigenvalue weighted by atomic mass is 10.1. The fraction of sp³-hybridized carbons (Fsp3) is 0.267. The second-order valence-electron chi connectivity index (χ2n) is 4.69. The molecule has 3 rings (SSSR count). The molecule has 2 nitrogen and oxygen atoms in total. The third-order valence-corrected chi connectivity index (χ3v) is 5.85. The van der Waals surface area contributed by atoms with Gasteiger partial charge in [-0.2, -0.15) is 0 Å². The molecule has 0 spiro atoms. The molecule has 1 atom stereocenters. The molecule has 1 aromatic heterocycles. The summed E-state index contributed by atoms with van der Waals surface area (Å²) in [7, 11) is 0. The summed E-state index contributed by atoms with van der Waals surface area (Å²) in [5, 5.41) is 6.70. The zero-order valence-electron chi connectivity index (χ0n) is 10.9. The van der Waals surface area contributed by atoms with E-state index in [0.717, 1.165) is 28.4 Å². The predicted octanol–water partition coefficient (Wildman–Crippen LogP) is 4.31. The van der Waals surface area contributed by atoms with Gasteiger partial charge in [-0.1, -0.05) is 42.1 Å². The normalized spacial score (nSPS) is 20.2. The predicted molar refractivity (Wildman–Crippen MR) is 92.7 cm³/mol. The largest absolute Gasteiger partial charge is 0.361 e. The molecule has 2 aromatic rings. The van der Waals surface area contributed by atoms with Gasteiger partial charge in [0.05, 0.1) is 6.54 Å². The minimum absolute atomic E-state index is 0.497. The number of amidine groups is 1. The van der Waals surface area contributed by atoms with Gasteiger partial charge in [0, 0.05) is 26.5 Å². The highest BCUT2D eigenvalue weighted by molar-refractivity contribution is 9.10. The van der Waals surface area contributed by atoms with Crippen LogP contribution in [0.2, 0.25) is 0 Å². The number of benzene rings is 1. The van der Waals surface area contributed by atoms with Crippen LogP contribution < -0.4 is 5.32 Å². The SMILES string of the molecule is Brc1csc(CN=C2NC(Cc3ccccc3)CS2)c1. The highest BCUT2D eigenvalue weighted by atomic mass is 79.9. The van der Waals surface area contributed by atoms with Crippen molar-refractivity contribution >= 4 is 44.2 Å². The first kappa shape index (κ1) is 14.2. The molecule has 104 valence electrons. The molecule has 0 aliphatic carbocycles. The zero-order valence-corrected chi connectivity index (χ0v) is 14.1. The van der Waals surface area contributed by atoms with Gasteiger partial charge in [0.1, 0.15) is 0 Å². The van der Waals surface area contributed by atoms with Crippen LogP contribution >= 0.6 is 39.0 Å². The number of thioether (sulfide) groups is 1. The molecule has 1 fully saturated rings. The first-order valence-electron chi connectivity index (χ1n) is 6.50. The number of nitrogens with one attached hydrogen (secondary N) is 1. The number of halogens is 1. The van der Waals surface area contributed by atoms with Crippen LogP contribution in [0.3, 0.4) is 0 Å². The lowest BCUT2D eigenvalue weighted by molar-refractivity contribution is 0.686. The highest BCUT2D eigenvalue weighted by Gasteiger charge is 2.20. The highest BCUT2D eigenvalue weighted by Crippen LogP contribution is 2.22. The molecular weight excluding hydrogens is 352 g/mol. The molecule has 0 saturated carbocycles. The summed E-state index contributed by atoms with van der Waals surface area (Å²) >= 11 is 7.05. The summed E-state index contributed by atoms with van der Waals surface area (Å²) in [5.41, 5.74) is 1.38. The van der Waals surface area contributed by atoms with Crippen LogP contribution in [0.4, 0.5) is 0 Å². The van der Waals surface area contributed by atoms with Crippen LogP contribution in [0.5, 0.6) is 0 Å². The second-order valence-corrected chi connectivity index (χ2v) is 7.61. The molecular formula is C15H15BrN2S2. The Labute approximate surface area is 135 Å². The Morgan fingerprint density at radius 2 is 2.15 bits per heavy atom. The first-order valence-corrected chi connectivity index (χ1v) is 9.16. The molecule has 1 aliphatic heterocycles. The maximum Gasteiger partial charge on any atom is 0.157 e. The number of thiophene rings is 1. The molecule has 0 bridgehead atoms. The Bertz CT molecular complexity index is 595. The van der Waals surface area contributed by atoms with Crippen LogP contribution in [0.1, 0.15) is 10.4 Å². The first-order chi connectivity index (χ1) is 9.79. The molecule has 5 heteroatoms. The minimum Gasteiger partial charge on any atom is -0.361 e. The van der Waals surface area contributed by atoms with Crippen molar-refractivity contribution in [2.24, 2.45) is 4.99 Å². The smallest absolute Gasteiger partial charge is 0.157 e. The third-order valence-electron chi connectivity index (χ3n) is 3.07. The number of aliphatic imine (C=N–C) groups is 1. The van der Waals surface area contributed by atoms with Gasteiger partial charge in [0.25, 0.3) is 0 Å². The zero-order chi connectivity index (χ0) is 13.8. The maximum absolute atomic E-state index is 4.66. The van der Waals surface area contributed by atoms with Gasteiger partial charge in [-0.3, -0.25) is 4.99 Å². The van der Waals surface area contributed by atoms with Gasteiger partial charge < -0.3 is 5.32 Å². The van der Waals surface area contributed by atoms with Crippen molar-refractivity contribution < 1.29 is 0 Å². The molecule has 1 unspecified atom stereocenters. The molecule has 1 aromatic carbocycles. The van der Waals surface area contributed by atoms with Gasteiger partial charge in [-0.15, -0.1) is 11.3 Å². The second kappa shape index (κ2) is 6.78. The summed E-state index contributed by atoms with van der Waals surface area (Å²) in [5.74, 6) is 1.10. The Kier molecular flexibility index (Phi) is 4.81. The standard InChI is InChI=1S/C15H15BrN2S2/c16-12-7-14(19-9-12)8-17-15-18-13(10-20-15)6-11-4-2-1-3-5-11/h1-5,7,9,13H,6,8,10H2,(H,17,18). The van der Waals surface area contributed by atoms with Crippen molar-refractivity contribution in [3.8, 4) is 0 Å². The van der Waals surface area contributed by atoms with Crippen molar-refractivity contribution in [3.05, 3.63) is 56.7 Å². The van der Waals surface area contributed by atoms with Crippen molar-refractivity contribution in [1.82, 2.24) is 5.32 Å². The van der Waals surface area contributed by atoms with E-state index in [9.17, 15) is 0 Å². The summed E-state index contributed by atoms with van der Waals surface area (Å²) < 4.78 is 1.15. The van der Waals surface area contributed by atoms with Crippen LogP contribution in [-0.2, 0) is 13.0 Å². The van der Waals surface area contributed by atoms with Crippen molar-refractivity contribution in [2.45, 2.75) is 19.0 Å². The van der Waals surface area contributed by atoms with Gasteiger partial charge in [-0.05, 0) is 34.0 Å². The van der Waals surface area contributed by atoms with Crippen molar-refractivity contribution in [3.63, 3.8) is 0 Å². The molecule has 2 heterocycles. The van der Waals surface area contributed by atoms with Crippen LogP contribution in [-0.4, -0.2) is 17.0 Å². The number of hydrogen-bond donors (Lipinski definition) is 1. The summed E-state index contributed by atoms with van der Waals surface area (Å²) in [4.78, 5) is 5.95. The molecule has 0 radical (unpaired) electrons. The maximum atomic E-state index is 4.66. The minimum atomic E-state index is 0.497. The topological polar surface area (TPSA) is 24.4 Å². The third kappa shape index (κ3) is 3.87. The Morgan fingerprint density at radius 1 is 1.30 bits per heavy atom. The van der Waals surface area contributed by atoms with E-state index in [2.05, 4.69) is 68.0 Å². The lowest BCUT2D eigenvalue weighted by Gasteiger charge is -2.09. The van der Waals surface area contributed by atoms with E-state index in [1.54, 1.807) is 11.3 Å². The van der Waals surface area contributed by atoms with Gasteiger partial charge >= 0.3 is 0 Å². The van der Waals surface area contributed by atoms with Gasteiger partial charge in [-0.25, -0.2) is 0 Å². The molecule has 20 heavy (non-hydrogen) atoms. The van der Waals surface area contributed by atoms with Crippen LogP contribution in [0.25, 0.3) is 0 Å². The van der Waals surface area contributed by atoms with Crippen LogP contribution in [0, 0.1) is 0 Å². The van der Waals surface area contributed by atoms with E-state index in [1.165, 1.54) is 10.4 Å². The number of nitrogens with zero attached hydrogens (tertiary/aromatic N) is 1. The van der Waals surface area contributed by atoms with E-state index in [1.807, 2.05) is 11.8 Å². The average molecular weight is 367 g/mol. The fourth-order valence-electron chi connectivity index (χ4n) is 2.12.